The van der Waals surface area contributed by atoms with Crippen LogP contribution in [-0.2, 0) is 6.42 Å². The average Bonchev–Trinajstić information content (AvgIpc) is 2.45. The van der Waals surface area contributed by atoms with Crippen molar-refractivity contribution in [1.29, 1.82) is 0 Å². The van der Waals surface area contributed by atoms with Gasteiger partial charge < -0.3 is 5.32 Å². The summed E-state index contributed by atoms with van der Waals surface area (Å²) in [7, 11) is 0. The molecule has 0 fully saturated rings. The summed E-state index contributed by atoms with van der Waals surface area (Å²) in [5.74, 6) is 0. The van der Waals surface area contributed by atoms with E-state index in [9.17, 15) is 0 Å². The normalized spacial score (nSPS) is 12.3. The zero-order valence-corrected chi connectivity index (χ0v) is 11.9. The summed E-state index contributed by atoms with van der Waals surface area (Å²) >= 11 is 6.31. The number of nitrogens with one attached hydrogen (secondary N) is 1. The summed E-state index contributed by atoms with van der Waals surface area (Å²) in [6, 6.07) is 12.3. The van der Waals surface area contributed by atoms with Crippen molar-refractivity contribution in [2.24, 2.45) is 0 Å². The average molecular weight is 275 g/mol. The molecule has 0 bridgehead atoms. The molecule has 0 spiro atoms. The maximum absolute atomic E-state index is 6.31. The topological polar surface area (TPSA) is 24.9 Å². The van der Waals surface area contributed by atoms with Crippen molar-refractivity contribution < 1.29 is 0 Å². The maximum atomic E-state index is 6.31. The Morgan fingerprint density at radius 1 is 1.21 bits per heavy atom. The quantitative estimate of drug-likeness (QED) is 0.861. The van der Waals surface area contributed by atoms with Crippen LogP contribution in [0.25, 0.3) is 0 Å². The first-order valence-electron chi connectivity index (χ1n) is 6.68. The first-order valence-corrected chi connectivity index (χ1v) is 7.05. The smallest absolute Gasteiger partial charge is 0.0453 e. The van der Waals surface area contributed by atoms with Gasteiger partial charge in [0.15, 0.2) is 0 Å². The second-order valence-electron chi connectivity index (χ2n) is 4.59. The Kier molecular flexibility index (Phi) is 5.37. The lowest BCUT2D eigenvalue weighted by molar-refractivity contribution is 0.529. The summed E-state index contributed by atoms with van der Waals surface area (Å²) in [5.41, 5.74) is 2.37. The molecular weight excluding hydrogens is 256 g/mol. The minimum atomic E-state index is 0.234. The zero-order valence-electron chi connectivity index (χ0n) is 11.1. The van der Waals surface area contributed by atoms with Crippen LogP contribution in [-0.4, -0.2) is 11.5 Å². The van der Waals surface area contributed by atoms with Crippen molar-refractivity contribution >= 4 is 11.6 Å². The Labute approximate surface area is 119 Å². The molecule has 0 aliphatic carbocycles. The molecular formula is C16H19ClN2. The largest absolute Gasteiger partial charge is 0.310 e. The third-order valence-electron chi connectivity index (χ3n) is 3.08. The van der Waals surface area contributed by atoms with Crippen LogP contribution < -0.4 is 5.32 Å². The second-order valence-corrected chi connectivity index (χ2v) is 5.00. The molecule has 1 aromatic heterocycles. The number of hydrogen-bond acceptors (Lipinski definition) is 2. The lowest BCUT2D eigenvalue weighted by Crippen LogP contribution is -2.24. The van der Waals surface area contributed by atoms with Gasteiger partial charge in [0.2, 0.25) is 0 Å². The highest BCUT2D eigenvalue weighted by atomic mass is 35.5. The van der Waals surface area contributed by atoms with Crippen molar-refractivity contribution in [3.63, 3.8) is 0 Å². The first kappa shape index (κ1) is 14.0. The third-order valence-corrected chi connectivity index (χ3v) is 3.43. The van der Waals surface area contributed by atoms with Crippen LogP contribution in [0, 0.1) is 0 Å². The predicted molar refractivity (Wildman–Crippen MR) is 80.4 cm³/mol. The van der Waals surface area contributed by atoms with Gasteiger partial charge in [0.25, 0.3) is 0 Å². The van der Waals surface area contributed by atoms with E-state index < -0.39 is 0 Å². The van der Waals surface area contributed by atoms with E-state index in [4.69, 9.17) is 11.6 Å². The molecule has 2 rings (SSSR count). The second kappa shape index (κ2) is 7.27. The summed E-state index contributed by atoms with van der Waals surface area (Å²) < 4.78 is 0. The molecule has 0 saturated heterocycles. The van der Waals surface area contributed by atoms with Gasteiger partial charge in [0, 0.05) is 23.5 Å². The first-order chi connectivity index (χ1) is 9.31. The predicted octanol–water partition coefficient (Wildman–Crippen LogP) is 4.02. The Morgan fingerprint density at radius 2 is 2.05 bits per heavy atom. The van der Waals surface area contributed by atoms with E-state index in [-0.39, 0.29) is 6.04 Å². The van der Waals surface area contributed by atoms with Gasteiger partial charge in [0.1, 0.15) is 0 Å². The fraction of sp³-hybridized carbons (Fsp3) is 0.312. The van der Waals surface area contributed by atoms with E-state index in [1.807, 2.05) is 30.5 Å². The molecule has 0 aliphatic rings. The van der Waals surface area contributed by atoms with Crippen molar-refractivity contribution in [1.82, 2.24) is 10.3 Å². The van der Waals surface area contributed by atoms with Crippen molar-refractivity contribution in [3.05, 3.63) is 64.9 Å². The summed E-state index contributed by atoms with van der Waals surface area (Å²) in [6.45, 7) is 3.15. The van der Waals surface area contributed by atoms with Gasteiger partial charge in [-0.3, -0.25) is 4.98 Å². The van der Waals surface area contributed by atoms with E-state index >= 15 is 0 Å². The monoisotopic (exact) mass is 274 g/mol. The number of nitrogens with zero attached hydrogens (tertiary/aromatic N) is 1. The van der Waals surface area contributed by atoms with Gasteiger partial charge in [-0.15, -0.1) is 0 Å². The van der Waals surface area contributed by atoms with Crippen LogP contribution in [0.1, 0.15) is 30.5 Å². The molecule has 1 unspecified atom stereocenters. The Hall–Kier alpha value is -1.38. The van der Waals surface area contributed by atoms with Crippen LogP contribution in [0.15, 0.2) is 48.8 Å². The fourth-order valence-corrected chi connectivity index (χ4v) is 2.39. The molecule has 100 valence electrons. The molecule has 1 aromatic carbocycles. The van der Waals surface area contributed by atoms with Gasteiger partial charge in [-0.1, -0.05) is 42.8 Å². The lowest BCUT2D eigenvalue weighted by atomic mass is 9.99. The minimum Gasteiger partial charge on any atom is -0.310 e. The fourth-order valence-electron chi connectivity index (χ4n) is 2.12. The number of hydrogen-bond donors (Lipinski definition) is 1. The van der Waals surface area contributed by atoms with Gasteiger partial charge in [0.05, 0.1) is 0 Å². The number of aromatic nitrogens is 1. The molecule has 1 atom stereocenters. The Balaban J connectivity index is 2.19. The highest BCUT2D eigenvalue weighted by molar-refractivity contribution is 6.31. The molecule has 1 heterocycles. The van der Waals surface area contributed by atoms with Gasteiger partial charge >= 0.3 is 0 Å². The number of benzene rings is 1. The molecule has 19 heavy (non-hydrogen) atoms. The maximum Gasteiger partial charge on any atom is 0.0453 e. The van der Waals surface area contributed by atoms with Gasteiger partial charge in [-0.25, -0.2) is 0 Å². The van der Waals surface area contributed by atoms with Crippen LogP contribution >= 0.6 is 11.6 Å². The molecule has 2 aromatic rings. The van der Waals surface area contributed by atoms with E-state index in [1.165, 1.54) is 5.56 Å². The summed E-state index contributed by atoms with van der Waals surface area (Å²) in [6.07, 6.45) is 5.72. The van der Waals surface area contributed by atoms with Gasteiger partial charge in [-0.05, 0) is 42.6 Å². The standard InChI is InChI=1S/C16H19ClN2/c1-2-9-19-16(11-13-6-5-10-18-12-13)14-7-3-4-8-15(14)17/h3-8,10,12,16,19H,2,9,11H2,1H3. The number of pyridine rings is 1. The number of halogens is 1. The third kappa shape index (κ3) is 4.05. The highest BCUT2D eigenvalue weighted by Gasteiger charge is 2.14. The Morgan fingerprint density at radius 3 is 2.74 bits per heavy atom. The van der Waals surface area contributed by atoms with Crippen LogP contribution in [0.2, 0.25) is 5.02 Å². The minimum absolute atomic E-state index is 0.234. The van der Waals surface area contributed by atoms with E-state index in [0.717, 1.165) is 30.0 Å². The molecule has 2 nitrogen and oxygen atoms in total. The molecule has 1 N–H and O–H groups in total. The van der Waals surface area contributed by atoms with E-state index in [1.54, 1.807) is 6.20 Å². The molecule has 0 radical (unpaired) electrons. The van der Waals surface area contributed by atoms with E-state index in [2.05, 4.69) is 29.4 Å². The highest BCUT2D eigenvalue weighted by Crippen LogP contribution is 2.25. The van der Waals surface area contributed by atoms with Crippen molar-refractivity contribution in [2.75, 3.05) is 6.54 Å². The Bertz CT molecular complexity index is 499. The van der Waals surface area contributed by atoms with Crippen LogP contribution in [0.5, 0.6) is 0 Å². The summed E-state index contributed by atoms with van der Waals surface area (Å²) in [4.78, 5) is 4.17. The molecule has 0 amide bonds. The lowest BCUT2D eigenvalue weighted by Gasteiger charge is -2.20. The molecule has 3 heteroatoms. The van der Waals surface area contributed by atoms with E-state index in [0.29, 0.717) is 0 Å². The van der Waals surface area contributed by atoms with Crippen LogP contribution in [0.3, 0.4) is 0 Å². The SMILES string of the molecule is CCCNC(Cc1cccnc1)c1ccccc1Cl. The van der Waals surface area contributed by atoms with Crippen molar-refractivity contribution in [3.8, 4) is 0 Å². The number of rotatable bonds is 6. The molecule has 0 aliphatic heterocycles. The molecule has 0 saturated carbocycles. The van der Waals surface area contributed by atoms with Crippen molar-refractivity contribution in [2.45, 2.75) is 25.8 Å². The zero-order chi connectivity index (χ0) is 13.5. The van der Waals surface area contributed by atoms with Gasteiger partial charge in [-0.2, -0.15) is 0 Å². The van der Waals surface area contributed by atoms with Crippen LogP contribution in [0.4, 0.5) is 0 Å². The summed E-state index contributed by atoms with van der Waals surface area (Å²) in [5, 5.41) is 4.38.